The minimum Gasteiger partial charge on any atom is -0.376 e. The van der Waals surface area contributed by atoms with E-state index >= 15 is 0 Å². The normalized spacial score (nSPS) is 10.9. The number of aromatic nitrogens is 1. The maximum Gasteiger partial charge on any atom is 0.0758 e. The van der Waals surface area contributed by atoms with Crippen LogP contribution in [0.15, 0.2) is 47.1 Å². The lowest BCUT2D eigenvalue weighted by atomic mass is 10.1. The minimum atomic E-state index is 0.629. The van der Waals surface area contributed by atoms with E-state index in [9.17, 15) is 0 Å². The summed E-state index contributed by atoms with van der Waals surface area (Å²) in [6.45, 7) is 8.69. The SMILES string of the molecule is C=C(C)COCCNCc1ccc(Br)c2cccnc12. The van der Waals surface area contributed by atoms with Gasteiger partial charge in [-0.2, -0.15) is 0 Å². The molecule has 0 unspecified atom stereocenters. The van der Waals surface area contributed by atoms with Crippen molar-refractivity contribution in [2.45, 2.75) is 13.5 Å². The standard InChI is InChI=1S/C16H19BrN2O/c1-12(2)11-20-9-8-18-10-13-5-6-15(17)14-4-3-7-19-16(13)14/h3-7,18H,1,8-11H2,2H3. The first-order valence-corrected chi connectivity index (χ1v) is 7.42. The van der Waals surface area contributed by atoms with Gasteiger partial charge in [-0.25, -0.2) is 0 Å². The number of ether oxygens (including phenoxy) is 1. The molecule has 1 heterocycles. The van der Waals surface area contributed by atoms with Crippen LogP contribution in [0.4, 0.5) is 0 Å². The number of halogens is 1. The first-order valence-electron chi connectivity index (χ1n) is 6.63. The molecule has 2 aromatic rings. The van der Waals surface area contributed by atoms with E-state index in [4.69, 9.17) is 4.74 Å². The van der Waals surface area contributed by atoms with Crippen molar-refractivity contribution in [1.29, 1.82) is 0 Å². The van der Waals surface area contributed by atoms with Gasteiger partial charge in [-0.05, 0) is 24.6 Å². The second-order valence-corrected chi connectivity index (χ2v) is 5.65. The zero-order valence-electron chi connectivity index (χ0n) is 11.7. The third-order valence-corrected chi connectivity index (χ3v) is 3.58. The van der Waals surface area contributed by atoms with Crippen LogP contribution < -0.4 is 5.32 Å². The van der Waals surface area contributed by atoms with Crippen LogP contribution in [0.3, 0.4) is 0 Å². The molecule has 106 valence electrons. The number of rotatable bonds is 7. The van der Waals surface area contributed by atoms with Crippen molar-refractivity contribution < 1.29 is 4.74 Å². The lowest BCUT2D eigenvalue weighted by Gasteiger charge is -2.09. The average Bonchev–Trinajstić information content (AvgIpc) is 2.45. The van der Waals surface area contributed by atoms with Crippen LogP contribution in [0.5, 0.6) is 0 Å². The fourth-order valence-electron chi connectivity index (χ4n) is 1.95. The van der Waals surface area contributed by atoms with Crippen LogP contribution in [-0.2, 0) is 11.3 Å². The summed E-state index contributed by atoms with van der Waals surface area (Å²) >= 11 is 3.56. The average molecular weight is 335 g/mol. The van der Waals surface area contributed by atoms with E-state index in [2.05, 4.69) is 51.0 Å². The molecule has 3 nitrogen and oxygen atoms in total. The van der Waals surface area contributed by atoms with Crippen molar-refractivity contribution >= 4 is 26.8 Å². The summed E-state index contributed by atoms with van der Waals surface area (Å²) in [6.07, 6.45) is 1.83. The molecule has 0 aliphatic heterocycles. The van der Waals surface area contributed by atoms with E-state index in [0.717, 1.165) is 34.0 Å². The van der Waals surface area contributed by atoms with Gasteiger partial charge in [0.25, 0.3) is 0 Å². The number of nitrogens with zero attached hydrogens (tertiary/aromatic N) is 1. The highest BCUT2D eigenvalue weighted by molar-refractivity contribution is 9.10. The molecule has 0 bridgehead atoms. The van der Waals surface area contributed by atoms with E-state index in [0.29, 0.717) is 13.2 Å². The molecular formula is C16H19BrN2O. The summed E-state index contributed by atoms with van der Waals surface area (Å²) < 4.78 is 6.53. The highest BCUT2D eigenvalue weighted by Gasteiger charge is 2.04. The largest absolute Gasteiger partial charge is 0.376 e. The maximum atomic E-state index is 5.45. The number of hydrogen-bond acceptors (Lipinski definition) is 3. The number of benzene rings is 1. The number of hydrogen-bond donors (Lipinski definition) is 1. The van der Waals surface area contributed by atoms with E-state index in [1.807, 2.05) is 19.2 Å². The minimum absolute atomic E-state index is 0.629. The smallest absolute Gasteiger partial charge is 0.0758 e. The van der Waals surface area contributed by atoms with Gasteiger partial charge in [-0.15, -0.1) is 0 Å². The topological polar surface area (TPSA) is 34.1 Å². The second-order valence-electron chi connectivity index (χ2n) is 4.79. The van der Waals surface area contributed by atoms with Gasteiger partial charge in [-0.1, -0.05) is 40.2 Å². The molecule has 4 heteroatoms. The molecule has 1 N–H and O–H groups in total. The molecule has 1 aromatic heterocycles. The molecule has 0 aliphatic carbocycles. The summed E-state index contributed by atoms with van der Waals surface area (Å²) in [6, 6.07) is 8.20. The molecular weight excluding hydrogens is 316 g/mol. The van der Waals surface area contributed by atoms with Crippen molar-refractivity contribution in [3.8, 4) is 0 Å². The van der Waals surface area contributed by atoms with Gasteiger partial charge in [0.2, 0.25) is 0 Å². The molecule has 20 heavy (non-hydrogen) atoms. The molecule has 0 amide bonds. The Morgan fingerprint density at radius 2 is 2.25 bits per heavy atom. The van der Waals surface area contributed by atoms with Crippen molar-refractivity contribution in [2.24, 2.45) is 0 Å². The Bertz CT molecular complexity index is 598. The van der Waals surface area contributed by atoms with Crippen LogP contribution in [0, 0.1) is 0 Å². The van der Waals surface area contributed by atoms with Crippen LogP contribution in [-0.4, -0.2) is 24.7 Å². The van der Waals surface area contributed by atoms with Gasteiger partial charge in [-0.3, -0.25) is 4.98 Å². The highest BCUT2D eigenvalue weighted by atomic mass is 79.9. The Labute approximate surface area is 128 Å². The highest BCUT2D eigenvalue weighted by Crippen LogP contribution is 2.24. The van der Waals surface area contributed by atoms with E-state index in [1.165, 1.54) is 5.56 Å². The summed E-state index contributed by atoms with van der Waals surface area (Å²) in [7, 11) is 0. The Kier molecular flexibility index (Phi) is 5.71. The quantitative estimate of drug-likeness (QED) is 0.619. The summed E-state index contributed by atoms with van der Waals surface area (Å²) in [5.41, 5.74) is 3.29. The molecule has 0 spiro atoms. The molecule has 0 saturated heterocycles. The van der Waals surface area contributed by atoms with Gasteiger partial charge in [0.1, 0.15) is 0 Å². The van der Waals surface area contributed by atoms with Crippen molar-refractivity contribution in [3.05, 3.63) is 52.7 Å². The lowest BCUT2D eigenvalue weighted by molar-refractivity contribution is 0.158. The molecule has 0 radical (unpaired) electrons. The zero-order chi connectivity index (χ0) is 14.4. The molecule has 0 aliphatic rings. The summed E-state index contributed by atoms with van der Waals surface area (Å²) in [5.74, 6) is 0. The molecule has 0 saturated carbocycles. The van der Waals surface area contributed by atoms with Gasteiger partial charge in [0.15, 0.2) is 0 Å². The summed E-state index contributed by atoms with van der Waals surface area (Å²) in [4.78, 5) is 4.47. The monoisotopic (exact) mass is 334 g/mol. The molecule has 0 fully saturated rings. The predicted molar refractivity (Wildman–Crippen MR) is 86.8 cm³/mol. The maximum absolute atomic E-state index is 5.45. The lowest BCUT2D eigenvalue weighted by Crippen LogP contribution is -2.19. The Balaban J connectivity index is 1.90. The Morgan fingerprint density at radius 1 is 1.40 bits per heavy atom. The van der Waals surface area contributed by atoms with E-state index < -0.39 is 0 Å². The zero-order valence-corrected chi connectivity index (χ0v) is 13.2. The number of nitrogens with one attached hydrogen (secondary N) is 1. The van der Waals surface area contributed by atoms with Crippen molar-refractivity contribution in [3.63, 3.8) is 0 Å². The van der Waals surface area contributed by atoms with Crippen LogP contribution in [0.25, 0.3) is 10.9 Å². The number of pyridine rings is 1. The van der Waals surface area contributed by atoms with E-state index in [-0.39, 0.29) is 0 Å². The van der Waals surface area contributed by atoms with Gasteiger partial charge >= 0.3 is 0 Å². The second kappa shape index (κ2) is 7.53. The van der Waals surface area contributed by atoms with Gasteiger partial charge < -0.3 is 10.1 Å². The Morgan fingerprint density at radius 3 is 3.05 bits per heavy atom. The number of fused-ring (bicyclic) bond motifs is 1. The molecule has 0 atom stereocenters. The fourth-order valence-corrected chi connectivity index (χ4v) is 2.40. The van der Waals surface area contributed by atoms with Crippen LogP contribution in [0.2, 0.25) is 0 Å². The Hall–Kier alpha value is -1.23. The predicted octanol–water partition coefficient (Wildman–Crippen LogP) is 3.68. The van der Waals surface area contributed by atoms with Crippen LogP contribution >= 0.6 is 15.9 Å². The first-order chi connectivity index (χ1) is 9.68. The van der Waals surface area contributed by atoms with E-state index in [1.54, 1.807) is 0 Å². The first kappa shape index (κ1) is 15.2. The van der Waals surface area contributed by atoms with Gasteiger partial charge in [0.05, 0.1) is 18.7 Å². The molecule has 2 rings (SSSR count). The summed E-state index contributed by atoms with van der Waals surface area (Å²) in [5, 5.41) is 4.52. The van der Waals surface area contributed by atoms with Crippen molar-refractivity contribution in [1.82, 2.24) is 10.3 Å². The third-order valence-electron chi connectivity index (χ3n) is 2.89. The molecule has 1 aromatic carbocycles. The van der Waals surface area contributed by atoms with Crippen molar-refractivity contribution in [2.75, 3.05) is 19.8 Å². The van der Waals surface area contributed by atoms with Gasteiger partial charge in [0, 0.05) is 29.1 Å². The third kappa shape index (κ3) is 4.13. The van der Waals surface area contributed by atoms with Crippen LogP contribution in [0.1, 0.15) is 12.5 Å². The fraction of sp³-hybridized carbons (Fsp3) is 0.312.